The molecule has 6 heteroatoms. The third kappa shape index (κ3) is 9.73. The number of hydrogen-bond acceptors (Lipinski definition) is 5. The highest BCUT2D eigenvalue weighted by Gasteiger charge is 2.15. The van der Waals surface area contributed by atoms with Crippen molar-refractivity contribution in [1.82, 2.24) is 4.98 Å². The van der Waals surface area contributed by atoms with Gasteiger partial charge in [0.1, 0.15) is 23.0 Å². The highest BCUT2D eigenvalue weighted by Crippen LogP contribution is 2.28. The third-order valence-electron chi connectivity index (χ3n) is 5.87. The first-order chi connectivity index (χ1) is 17.3. The fraction of sp³-hybridized carbons (Fsp3) is 0.448. The maximum Gasteiger partial charge on any atom is 0.269 e. The first kappa shape index (κ1) is 26.7. The molecule has 3 rings (SSSR count). The molecule has 0 aliphatic heterocycles. The predicted octanol–water partition coefficient (Wildman–Crippen LogP) is 8.27. The Morgan fingerprint density at radius 1 is 0.857 bits per heavy atom. The second-order valence-electron chi connectivity index (χ2n) is 8.74. The van der Waals surface area contributed by atoms with Gasteiger partial charge in [0, 0.05) is 11.8 Å². The molecule has 0 bridgehead atoms. The van der Waals surface area contributed by atoms with Crippen LogP contribution in [0.2, 0.25) is 0 Å². The van der Waals surface area contributed by atoms with Crippen molar-refractivity contribution in [3.63, 3.8) is 0 Å². The monoisotopic (exact) mass is 494 g/mol. The molecule has 188 valence electrons. The molecule has 1 N–H and O–H groups in total. The summed E-state index contributed by atoms with van der Waals surface area (Å²) in [4.78, 5) is 17.2. The van der Waals surface area contributed by atoms with Crippen molar-refractivity contribution in [1.29, 1.82) is 0 Å². The number of carbonyl (C=O) groups is 1. The first-order valence-corrected chi connectivity index (χ1v) is 13.8. The quantitative estimate of drug-likeness (QED) is 0.192. The van der Waals surface area contributed by atoms with Crippen LogP contribution in [0.15, 0.2) is 60.2 Å². The summed E-state index contributed by atoms with van der Waals surface area (Å²) < 4.78 is 12.1. The highest BCUT2D eigenvalue weighted by atomic mass is 32.1. The molecule has 0 radical (unpaired) electrons. The third-order valence-corrected chi connectivity index (χ3v) is 6.76. The van der Waals surface area contributed by atoms with E-state index in [0.717, 1.165) is 17.7 Å². The van der Waals surface area contributed by atoms with Gasteiger partial charge in [0.05, 0.1) is 18.5 Å². The average molecular weight is 495 g/mol. The molecule has 1 amide bonds. The van der Waals surface area contributed by atoms with Crippen LogP contribution in [-0.2, 0) is 6.61 Å². The van der Waals surface area contributed by atoms with E-state index in [-0.39, 0.29) is 5.91 Å². The van der Waals surface area contributed by atoms with Crippen molar-refractivity contribution in [2.24, 2.45) is 0 Å². The van der Waals surface area contributed by atoms with Gasteiger partial charge >= 0.3 is 0 Å². The fourth-order valence-corrected chi connectivity index (χ4v) is 4.62. The molecule has 0 fully saturated rings. The number of unbranched alkanes of at least 4 members (excludes halogenated alkanes) is 9. The van der Waals surface area contributed by atoms with Gasteiger partial charge < -0.3 is 14.8 Å². The topological polar surface area (TPSA) is 60.5 Å². The summed E-state index contributed by atoms with van der Waals surface area (Å²) in [5.41, 5.74) is 1.63. The number of nitrogens with one attached hydrogen (secondary N) is 1. The fourth-order valence-electron chi connectivity index (χ4n) is 3.89. The van der Waals surface area contributed by atoms with E-state index in [9.17, 15) is 4.79 Å². The lowest BCUT2D eigenvalue weighted by molar-refractivity contribution is 0.102. The second kappa shape index (κ2) is 15.9. The average Bonchev–Trinajstić information content (AvgIpc) is 3.36. The van der Waals surface area contributed by atoms with Crippen LogP contribution in [-0.4, -0.2) is 17.5 Å². The number of para-hydroxylation sites is 1. The van der Waals surface area contributed by atoms with Crippen molar-refractivity contribution in [2.45, 2.75) is 77.7 Å². The molecule has 0 atom stereocenters. The van der Waals surface area contributed by atoms with E-state index >= 15 is 0 Å². The second-order valence-corrected chi connectivity index (χ2v) is 9.65. The lowest BCUT2D eigenvalue weighted by Crippen LogP contribution is -2.12. The van der Waals surface area contributed by atoms with Crippen LogP contribution in [0.1, 0.15) is 86.4 Å². The summed E-state index contributed by atoms with van der Waals surface area (Å²) in [6.45, 7) is 3.32. The first-order valence-electron chi connectivity index (χ1n) is 12.9. The zero-order valence-corrected chi connectivity index (χ0v) is 21.7. The number of thiophene rings is 1. The van der Waals surface area contributed by atoms with Gasteiger partial charge in [-0.3, -0.25) is 9.78 Å². The van der Waals surface area contributed by atoms with Crippen molar-refractivity contribution in [2.75, 3.05) is 11.9 Å². The van der Waals surface area contributed by atoms with Crippen LogP contribution in [0, 0.1) is 0 Å². The van der Waals surface area contributed by atoms with E-state index in [1.807, 2.05) is 35.7 Å². The summed E-state index contributed by atoms with van der Waals surface area (Å²) in [5.74, 6) is 1.22. The van der Waals surface area contributed by atoms with Crippen LogP contribution in [0.25, 0.3) is 0 Å². The van der Waals surface area contributed by atoms with Gasteiger partial charge in [-0.05, 0) is 36.1 Å². The van der Waals surface area contributed by atoms with E-state index in [1.54, 1.807) is 24.5 Å². The number of amides is 1. The molecule has 1 aromatic carbocycles. The number of rotatable bonds is 17. The van der Waals surface area contributed by atoms with Gasteiger partial charge in [0.2, 0.25) is 0 Å². The van der Waals surface area contributed by atoms with Crippen LogP contribution in [0.4, 0.5) is 5.69 Å². The minimum absolute atomic E-state index is 0.200. The van der Waals surface area contributed by atoms with Gasteiger partial charge in [-0.15, -0.1) is 11.3 Å². The normalized spacial score (nSPS) is 10.8. The number of nitrogens with zero attached hydrogens (tertiary/aromatic N) is 1. The Labute approximate surface area is 213 Å². The Morgan fingerprint density at radius 3 is 2.34 bits per heavy atom. The van der Waals surface area contributed by atoms with Crippen molar-refractivity contribution < 1.29 is 14.3 Å². The standard InChI is InChI=1S/C29H38N2O3S/c1-2-3-4-5-6-7-8-9-10-13-20-33-26-17-12-11-15-24(26)23-34-27-18-21-35-28(27)29(32)31-25-16-14-19-30-22-25/h11-12,14-19,21-22H,2-10,13,20,23H2,1H3,(H,31,32). The van der Waals surface area contributed by atoms with E-state index in [2.05, 4.69) is 17.2 Å². The summed E-state index contributed by atoms with van der Waals surface area (Å²) in [6.07, 6.45) is 16.4. The Balaban J connectivity index is 1.39. The number of benzene rings is 1. The summed E-state index contributed by atoms with van der Waals surface area (Å²) in [7, 11) is 0. The molecule has 0 aliphatic carbocycles. The van der Waals surface area contributed by atoms with E-state index in [0.29, 0.717) is 29.5 Å². The maximum atomic E-state index is 12.7. The highest BCUT2D eigenvalue weighted by molar-refractivity contribution is 7.12. The molecule has 35 heavy (non-hydrogen) atoms. The van der Waals surface area contributed by atoms with Gasteiger partial charge in [0.25, 0.3) is 5.91 Å². The molecule has 3 aromatic rings. The molecule has 0 saturated heterocycles. The largest absolute Gasteiger partial charge is 0.493 e. The van der Waals surface area contributed by atoms with Crippen LogP contribution < -0.4 is 14.8 Å². The summed E-state index contributed by atoms with van der Waals surface area (Å²) >= 11 is 1.36. The number of ether oxygens (including phenoxy) is 2. The SMILES string of the molecule is CCCCCCCCCCCCOc1ccccc1COc1ccsc1C(=O)Nc1cccnc1. The molecule has 0 unspecified atom stereocenters. The number of pyridine rings is 1. The molecule has 0 aliphatic rings. The minimum Gasteiger partial charge on any atom is -0.493 e. The smallest absolute Gasteiger partial charge is 0.269 e. The molecule has 0 saturated carbocycles. The van der Waals surface area contributed by atoms with Crippen LogP contribution in [0.3, 0.4) is 0 Å². The number of carbonyl (C=O) groups excluding carboxylic acids is 1. The molecule has 2 aromatic heterocycles. The predicted molar refractivity (Wildman–Crippen MR) is 145 cm³/mol. The van der Waals surface area contributed by atoms with Crippen molar-refractivity contribution in [3.05, 3.63) is 70.7 Å². The van der Waals surface area contributed by atoms with E-state index < -0.39 is 0 Å². The van der Waals surface area contributed by atoms with Gasteiger partial charge in [-0.1, -0.05) is 82.9 Å². The van der Waals surface area contributed by atoms with Crippen molar-refractivity contribution >= 4 is 22.9 Å². The van der Waals surface area contributed by atoms with Gasteiger partial charge in [-0.25, -0.2) is 0 Å². The lowest BCUT2D eigenvalue weighted by atomic mass is 10.1. The van der Waals surface area contributed by atoms with Crippen LogP contribution in [0.5, 0.6) is 11.5 Å². The summed E-state index contributed by atoms with van der Waals surface area (Å²) in [5, 5.41) is 4.72. The Hall–Kier alpha value is -2.86. The molecule has 5 nitrogen and oxygen atoms in total. The van der Waals surface area contributed by atoms with E-state index in [1.165, 1.54) is 69.1 Å². The number of hydrogen-bond donors (Lipinski definition) is 1. The number of anilines is 1. The molecule has 0 spiro atoms. The molecular formula is C29H38N2O3S. The maximum absolute atomic E-state index is 12.7. The Kier molecular flexibility index (Phi) is 12.2. The Morgan fingerprint density at radius 2 is 1.60 bits per heavy atom. The zero-order valence-electron chi connectivity index (χ0n) is 20.8. The van der Waals surface area contributed by atoms with Crippen LogP contribution >= 0.6 is 11.3 Å². The molecule has 2 heterocycles. The van der Waals surface area contributed by atoms with E-state index in [4.69, 9.17) is 9.47 Å². The molecular weight excluding hydrogens is 456 g/mol. The Bertz CT molecular complexity index is 990. The van der Waals surface area contributed by atoms with Gasteiger partial charge in [0.15, 0.2) is 0 Å². The summed E-state index contributed by atoms with van der Waals surface area (Å²) in [6, 6.07) is 13.4. The lowest BCUT2D eigenvalue weighted by Gasteiger charge is -2.13. The van der Waals surface area contributed by atoms with Gasteiger partial charge in [-0.2, -0.15) is 0 Å². The number of aromatic nitrogens is 1. The minimum atomic E-state index is -0.200. The zero-order chi connectivity index (χ0) is 24.6. The van der Waals surface area contributed by atoms with Crippen molar-refractivity contribution in [3.8, 4) is 11.5 Å².